The molecule has 3 fully saturated rings. The summed E-state index contributed by atoms with van der Waals surface area (Å²) in [7, 11) is 0. The SMILES string of the molecule is CC1(C)OC[C@H]([C@H]2O[C@@H]3OC(C)(C)O[C@@H]3[C@@]2(O)CCCO)O1. The van der Waals surface area contributed by atoms with E-state index < -0.39 is 41.8 Å². The average molecular weight is 318 g/mol. The smallest absolute Gasteiger partial charge is 0.190 e. The van der Waals surface area contributed by atoms with Gasteiger partial charge in [-0.1, -0.05) is 0 Å². The van der Waals surface area contributed by atoms with Crippen LogP contribution in [0, 0.1) is 0 Å². The topological polar surface area (TPSA) is 86.6 Å². The maximum absolute atomic E-state index is 11.2. The molecule has 5 atom stereocenters. The second-order valence-electron chi connectivity index (χ2n) is 7.17. The van der Waals surface area contributed by atoms with Crippen LogP contribution in [0.25, 0.3) is 0 Å². The Balaban J connectivity index is 1.81. The van der Waals surface area contributed by atoms with Crippen molar-refractivity contribution in [1.82, 2.24) is 0 Å². The molecule has 128 valence electrons. The van der Waals surface area contributed by atoms with E-state index in [1.807, 2.05) is 13.8 Å². The Morgan fingerprint density at radius 1 is 1.00 bits per heavy atom. The number of fused-ring (bicyclic) bond motifs is 1. The van der Waals surface area contributed by atoms with Crippen molar-refractivity contribution in [2.75, 3.05) is 13.2 Å². The molecule has 2 N–H and O–H groups in total. The average Bonchev–Trinajstić information content (AvgIpc) is 2.99. The molecule has 0 aromatic carbocycles. The Morgan fingerprint density at radius 3 is 2.32 bits per heavy atom. The van der Waals surface area contributed by atoms with Crippen LogP contribution in [0.5, 0.6) is 0 Å². The lowest BCUT2D eigenvalue weighted by atomic mass is 9.85. The van der Waals surface area contributed by atoms with Crippen LogP contribution in [0.4, 0.5) is 0 Å². The van der Waals surface area contributed by atoms with Crippen LogP contribution in [-0.2, 0) is 23.7 Å². The molecule has 3 saturated heterocycles. The summed E-state index contributed by atoms with van der Waals surface area (Å²) in [6.07, 6.45) is -1.48. The van der Waals surface area contributed by atoms with E-state index >= 15 is 0 Å². The first-order chi connectivity index (χ1) is 10.2. The normalized spacial score (nSPS) is 46.1. The second-order valence-corrected chi connectivity index (χ2v) is 7.17. The molecule has 7 nitrogen and oxygen atoms in total. The van der Waals surface area contributed by atoms with Gasteiger partial charge in [0.05, 0.1) is 6.61 Å². The van der Waals surface area contributed by atoms with Gasteiger partial charge in [0.2, 0.25) is 0 Å². The zero-order chi connectivity index (χ0) is 16.2. The van der Waals surface area contributed by atoms with Crippen molar-refractivity contribution in [2.24, 2.45) is 0 Å². The van der Waals surface area contributed by atoms with Crippen molar-refractivity contribution in [3.63, 3.8) is 0 Å². The van der Waals surface area contributed by atoms with Crippen molar-refractivity contribution < 1.29 is 33.9 Å². The van der Waals surface area contributed by atoms with Gasteiger partial charge in [-0.3, -0.25) is 0 Å². The standard InChI is InChI=1S/C15H26O7/c1-13(2)18-8-9(20-13)10-15(17,6-5-7-16)11-12(19-10)22-14(3,4)21-11/h9-12,16-17H,5-8H2,1-4H3/t9-,10-,11+,12-,15-/m1/s1. The summed E-state index contributed by atoms with van der Waals surface area (Å²) in [6.45, 7) is 7.55. The van der Waals surface area contributed by atoms with E-state index in [0.717, 1.165) is 0 Å². The van der Waals surface area contributed by atoms with Gasteiger partial charge >= 0.3 is 0 Å². The number of ether oxygens (including phenoxy) is 5. The number of rotatable bonds is 4. The Kier molecular flexibility index (Phi) is 4.05. The van der Waals surface area contributed by atoms with Crippen molar-refractivity contribution in [3.8, 4) is 0 Å². The minimum absolute atomic E-state index is 0.00974. The van der Waals surface area contributed by atoms with Gasteiger partial charge in [-0.2, -0.15) is 0 Å². The Labute approximate surface area is 130 Å². The molecule has 3 heterocycles. The highest BCUT2D eigenvalue weighted by Crippen LogP contribution is 2.47. The van der Waals surface area contributed by atoms with Crippen LogP contribution < -0.4 is 0 Å². The van der Waals surface area contributed by atoms with E-state index in [1.165, 1.54) is 0 Å². The molecule has 0 aromatic rings. The van der Waals surface area contributed by atoms with Crippen molar-refractivity contribution in [2.45, 2.75) is 82.3 Å². The minimum atomic E-state index is -1.28. The highest BCUT2D eigenvalue weighted by atomic mass is 16.8. The number of aliphatic hydroxyl groups excluding tert-OH is 1. The van der Waals surface area contributed by atoms with Gasteiger partial charge in [-0.25, -0.2) is 0 Å². The first kappa shape index (κ1) is 16.6. The molecule has 0 bridgehead atoms. The lowest BCUT2D eigenvalue weighted by Gasteiger charge is -2.36. The number of hydrogen-bond donors (Lipinski definition) is 2. The first-order valence-corrected chi connectivity index (χ1v) is 7.83. The maximum atomic E-state index is 11.2. The highest BCUT2D eigenvalue weighted by Gasteiger charge is 2.65. The Morgan fingerprint density at radius 2 is 1.73 bits per heavy atom. The van der Waals surface area contributed by atoms with E-state index in [1.54, 1.807) is 13.8 Å². The monoisotopic (exact) mass is 318 g/mol. The van der Waals surface area contributed by atoms with Crippen LogP contribution in [0.2, 0.25) is 0 Å². The largest absolute Gasteiger partial charge is 0.396 e. The van der Waals surface area contributed by atoms with Crippen LogP contribution >= 0.6 is 0 Å². The summed E-state index contributed by atoms with van der Waals surface area (Å²) in [5, 5.41) is 20.4. The number of aliphatic hydroxyl groups is 2. The van der Waals surface area contributed by atoms with Gasteiger partial charge in [-0.05, 0) is 40.5 Å². The van der Waals surface area contributed by atoms with Crippen LogP contribution in [0.15, 0.2) is 0 Å². The molecule has 0 radical (unpaired) electrons. The molecule has 3 aliphatic rings. The zero-order valence-electron chi connectivity index (χ0n) is 13.6. The molecule has 0 aromatic heterocycles. The molecule has 3 aliphatic heterocycles. The quantitative estimate of drug-likeness (QED) is 0.781. The first-order valence-electron chi connectivity index (χ1n) is 7.83. The molecule has 3 rings (SSSR count). The summed E-state index contributed by atoms with van der Waals surface area (Å²) < 4.78 is 28.9. The molecular weight excluding hydrogens is 292 g/mol. The van der Waals surface area contributed by atoms with Gasteiger partial charge in [0.1, 0.15) is 23.9 Å². The molecule has 7 heteroatoms. The minimum Gasteiger partial charge on any atom is -0.396 e. The van der Waals surface area contributed by atoms with E-state index in [2.05, 4.69) is 0 Å². The fourth-order valence-electron chi connectivity index (χ4n) is 3.51. The summed E-state index contributed by atoms with van der Waals surface area (Å²) in [6, 6.07) is 0. The lowest BCUT2D eigenvalue weighted by molar-refractivity contribution is -0.249. The van der Waals surface area contributed by atoms with Crippen molar-refractivity contribution in [3.05, 3.63) is 0 Å². The maximum Gasteiger partial charge on any atom is 0.190 e. The van der Waals surface area contributed by atoms with Crippen LogP contribution in [0.1, 0.15) is 40.5 Å². The summed E-state index contributed by atoms with van der Waals surface area (Å²) in [5.41, 5.74) is -1.28. The molecule has 0 spiro atoms. The van der Waals surface area contributed by atoms with Gasteiger partial charge in [0, 0.05) is 6.61 Å². The Bertz CT molecular complexity index is 424. The molecule has 22 heavy (non-hydrogen) atoms. The predicted octanol–water partition coefficient (Wildman–Crippen LogP) is 0.518. The van der Waals surface area contributed by atoms with E-state index in [9.17, 15) is 5.11 Å². The lowest BCUT2D eigenvalue weighted by Crippen LogP contribution is -2.54. The van der Waals surface area contributed by atoms with E-state index in [0.29, 0.717) is 19.4 Å². The molecular formula is C15H26O7. The number of hydrogen-bond acceptors (Lipinski definition) is 7. The third kappa shape index (κ3) is 2.80. The summed E-state index contributed by atoms with van der Waals surface area (Å²) >= 11 is 0. The van der Waals surface area contributed by atoms with Gasteiger partial charge in [-0.15, -0.1) is 0 Å². The van der Waals surface area contributed by atoms with Crippen molar-refractivity contribution in [1.29, 1.82) is 0 Å². The third-order valence-corrected chi connectivity index (χ3v) is 4.43. The molecule has 0 unspecified atom stereocenters. The summed E-state index contributed by atoms with van der Waals surface area (Å²) in [5.74, 6) is -1.51. The van der Waals surface area contributed by atoms with Crippen molar-refractivity contribution >= 4 is 0 Å². The van der Waals surface area contributed by atoms with Gasteiger partial charge < -0.3 is 33.9 Å². The highest BCUT2D eigenvalue weighted by molar-refractivity contribution is 5.08. The predicted molar refractivity (Wildman–Crippen MR) is 74.9 cm³/mol. The molecule has 0 amide bonds. The third-order valence-electron chi connectivity index (χ3n) is 4.43. The molecule has 0 aliphatic carbocycles. The van der Waals surface area contributed by atoms with Crippen LogP contribution in [-0.4, -0.2) is 65.2 Å². The van der Waals surface area contributed by atoms with E-state index in [4.69, 9.17) is 28.8 Å². The molecule has 0 saturated carbocycles. The Hall–Kier alpha value is -0.280. The van der Waals surface area contributed by atoms with Gasteiger partial charge in [0.15, 0.2) is 17.9 Å². The second kappa shape index (κ2) is 5.37. The fraction of sp³-hybridized carbons (Fsp3) is 1.00. The van der Waals surface area contributed by atoms with Gasteiger partial charge in [0.25, 0.3) is 0 Å². The van der Waals surface area contributed by atoms with E-state index in [-0.39, 0.29) is 6.61 Å². The van der Waals surface area contributed by atoms with Crippen LogP contribution in [0.3, 0.4) is 0 Å². The summed E-state index contributed by atoms with van der Waals surface area (Å²) in [4.78, 5) is 0. The fourth-order valence-corrected chi connectivity index (χ4v) is 3.51. The zero-order valence-corrected chi connectivity index (χ0v) is 13.6.